The number of halogens is 1. The number of benzene rings is 1. The van der Waals surface area contributed by atoms with Gasteiger partial charge in [0.2, 0.25) is 15.9 Å². The van der Waals surface area contributed by atoms with E-state index in [-0.39, 0.29) is 23.6 Å². The largest absolute Gasteiger partial charge is 0.353 e. The van der Waals surface area contributed by atoms with Gasteiger partial charge in [0, 0.05) is 29.5 Å². The van der Waals surface area contributed by atoms with Crippen LogP contribution < -0.4 is 5.32 Å². The van der Waals surface area contributed by atoms with Crippen molar-refractivity contribution in [2.75, 3.05) is 13.1 Å². The molecule has 1 aromatic rings. The number of amides is 1. The van der Waals surface area contributed by atoms with Crippen LogP contribution in [0, 0.1) is 5.92 Å². The smallest absolute Gasteiger partial charge is 0.223 e. The number of carbonyl (C=O) groups is 1. The van der Waals surface area contributed by atoms with Gasteiger partial charge in [0.25, 0.3) is 0 Å². The topological polar surface area (TPSA) is 66.5 Å². The van der Waals surface area contributed by atoms with Crippen LogP contribution in [0.1, 0.15) is 45.1 Å². The molecule has 0 radical (unpaired) electrons. The van der Waals surface area contributed by atoms with Gasteiger partial charge in [-0.2, -0.15) is 0 Å². The minimum absolute atomic E-state index is 0.00485. The zero-order valence-electron chi connectivity index (χ0n) is 14.9. The predicted octanol–water partition coefficient (Wildman–Crippen LogP) is 3.30. The van der Waals surface area contributed by atoms with E-state index in [1.165, 1.54) is 4.31 Å². The highest BCUT2D eigenvalue weighted by atomic mass is 79.9. The Morgan fingerprint density at radius 3 is 2.28 bits per heavy atom. The molecular formula is C18H27BrN2O3S. The average molecular weight is 431 g/mol. The third kappa shape index (κ3) is 5.79. The van der Waals surface area contributed by atoms with Gasteiger partial charge >= 0.3 is 0 Å². The summed E-state index contributed by atoms with van der Waals surface area (Å²) in [5, 5.41) is 3.07. The Kier molecular flexibility index (Phi) is 7.46. The van der Waals surface area contributed by atoms with E-state index in [1.807, 2.05) is 24.3 Å². The summed E-state index contributed by atoms with van der Waals surface area (Å²) in [4.78, 5) is 12.3. The van der Waals surface area contributed by atoms with Crippen molar-refractivity contribution >= 4 is 31.9 Å². The number of hydrogen-bond acceptors (Lipinski definition) is 3. The van der Waals surface area contributed by atoms with Gasteiger partial charge < -0.3 is 5.32 Å². The summed E-state index contributed by atoms with van der Waals surface area (Å²) < 4.78 is 27.7. The molecule has 0 aromatic heterocycles. The maximum atomic E-state index is 12.6. The van der Waals surface area contributed by atoms with Crippen molar-refractivity contribution in [3.8, 4) is 0 Å². The van der Waals surface area contributed by atoms with E-state index >= 15 is 0 Å². The monoisotopic (exact) mass is 430 g/mol. The van der Waals surface area contributed by atoms with Crippen LogP contribution in [0.4, 0.5) is 0 Å². The van der Waals surface area contributed by atoms with Crippen molar-refractivity contribution in [2.45, 2.75) is 51.3 Å². The van der Waals surface area contributed by atoms with E-state index in [0.29, 0.717) is 25.9 Å². The van der Waals surface area contributed by atoms with Crippen LogP contribution in [-0.4, -0.2) is 37.8 Å². The maximum Gasteiger partial charge on any atom is 0.223 e. The fraction of sp³-hybridized carbons (Fsp3) is 0.611. The number of nitrogens with one attached hydrogen (secondary N) is 1. The van der Waals surface area contributed by atoms with Gasteiger partial charge in [0.15, 0.2) is 0 Å². The van der Waals surface area contributed by atoms with Gasteiger partial charge in [-0.15, -0.1) is 0 Å². The number of hydrogen-bond donors (Lipinski definition) is 1. The minimum atomic E-state index is -3.34. The Balaban J connectivity index is 1.90. The van der Waals surface area contributed by atoms with Crippen LogP contribution in [-0.2, 0) is 20.6 Å². The Labute approximate surface area is 159 Å². The molecule has 1 aliphatic rings. The van der Waals surface area contributed by atoms with E-state index < -0.39 is 10.0 Å². The van der Waals surface area contributed by atoms with Gasteiger partial charge in [-0.05, 0) is 43.4 Å². The first-order valence-electron chi connectivity index (χ1n) is 8.88. The fourth-order valence-electron chi connectivity index (χ4n) is 3.09. The van der Waals surface area contributed by atoms with Crippen LogP contribution in [0.25, 0.3) is 0 Å². The lowest BCUT2D eigenvalue weighted by atomic mass is 9.96. The molecule has 1 aliphatic heterocycles. The molecule has 1 saturated heterocycles. The molecule has 2 rings (SSSR count). The highest BCUT2D eigenvalue weighted by Gasteiger charge is 2.31. The van der Waals surface area contributed by atoms with E-state index in [1.54, 1.807) is 0 Å². The quantitative estimate of drug-likeness (QED) is 0.721. The zero-order chi connectivity index (χ0) is 18.4. The summed E-state index contributed by atoms with van der Waals surface area (Å²) in [5.41, 5.74) is 0.775. The van der Waals surface area contributed by atoms with Crippen molar-refractivity contribution in [3.63, 3.8) is 0 Å². The fourth-order valence-corrected chi connectivity index (χ4v) is 4.92. The predicted molar refractivity (Wildman–Crippen MR) is 104 cm³/mol. The van der Waals surface area contributed by atoms with Crippen molar-refractivity contribution in [1.82, 2.24) is 9.62 Å². The molecule has 1 fully saturated rings. The molecule has 7 heteroatoms. The molecule has 25 heavy (non-hydrogen) atoms. The summed E-state index contributed by atoms with van der Waals surface area (Å²) in [6, 6.07) is 7.54. The lowest BCUT2D eigenvalue weighted by Gasteiger charge is -2.31. The van der Waals surface area contributed by atoms with Crippen LogP contribution in [0.2, 0.25) is 0 Å². The number of piperidine rings is 1. The molecule has 1 heterocycles. The van der Waals surface area contributed by atoms with Gasteiger partial charge in [-0.3, -0.25) is 4.79 Å². The molecule has 0 saturated carbocycles. The number of nitrogens with zero attached hydrogens (tertiary/aromatic N) is 1. The summed E-state index contributed by atoms with van der Waals surface area (Å²) in [6.45, 7) is 4.96. The van der Waals surface area contributed by atoms with Gasteiger partial charge in [-0.1, -0.05) is 41.9 Å². The molecule has 1 amide bonds. The van der Waals surface area contributed by atoms with E-state index in [2.05, 4.69) is 35.1 Å². The standard InChI is InChI=1S/C18H27BrN2O3S/c1-3-17(4-2)20-18(22)15-9-11-21(12-10-15)25(23,24)13-14-5-7-16(19)8-6-14/h5-8,15,17H,3-4,9-13H2,1-2H3,(H,20,22). The minimum Gasteiger partial charge on any atom is -0.353 e. The molecule has 0 spiro atoms. The molecule has 0 bridgehead atoms. The molecule has 5 nitrogen and oxygen atoms in total. The molecule has 0 atom stereocenters. The van der Waals surface area contributed by atoms with Gasteiger partial charge in [-0.25, -0.2) is 12.7 Å². The van der Waals surface area contributed by atoms with Crippen molar-refractivity contribution in [2.24, 2.45) is 5.92 Å². The summed E-state index contributed by atoms with van der Waals surface area (Å²) in [6.07, 6.45) is 3.02. The van der Waals surface area contributed by atoms with Crippen LogP contribution in [0.15, 0.2) is 28.7 Å². The summed E-state index contributed by atoms with van der Waals surface area (Å²) >= 11 is 3.35. The second-order valence-corrected chi connectivity index (χ2v) is 9.46. The van der Waals surface area contributed by atoms with Crippen LogP contribution in [0.3, 0.4) is 0 Å². The summed E-state index contributed by atoms with van der Waals surface area (Å²) in [7, 11) is -3.34. The highest BCUT2D eigenvalue weighted by molar-refractivity contribution is 9.10. The normalized spacial score (nSPS) is 17.0. The third-order valence-corrected chi connectivity index (χ3v) is 7.19. The first-order chi connectivity index (χ1) is 11.9. The molecule has 0 aliphatic carbocycles. The number of rotatable bonds is 7. The molecule has 1 N–H and O–H groups in total. The second-order valence-electron chi connectivity index (χ2n) is 6.58. The molecule has 1 aromatic carbocycles. The Morgan fingerprint density at radius 2 is 1.76 bits per heavy atom. The van der Waals surface area contributed by atoms with Crippen LogP contribution in [0.5, 0.6) is 0 Å². The van der Waals surface area contributed by atoms with Gasteiger partial charge in [0.05, 0.1) is 5.75 Å². The van der Waals surface area contributed by atoms with Crippen molar-refractivity contribution in [3.05, 3.63) is 34.3 Å². The Hall–Kier alpha value is -0.920. The average Bonchev–Trinajstić information content (AvgIpc) is 2.61. The maximum absolute atomic E-state index is 12.6. The third-order valence-electron chi connectivity index (χ3n) is 4.81. The van der Waals surface area contributed by atoms with E-state index in [9.17, 15) is 13.2 Å². The van der Waals surface area contributed by atoms with E-state index in [0.717, 1.165) is 22.9 Å². The van der Waals surface area contributed by atoms with Crippen LogP contribution >= 0.6 is 15.9 Å². The Bertz CT molecular complexity index is 664. The summed E-state index contributed by atoms with van der Waals surface area (Å²) in [5.74, 6) is -0.0105. The lowest BCUT2D eigenvalue weighted by Crippen LogP contribution is -2.45. The van der Waals surface area contributed by atoms with E-state index in [4.69, 9.17) is 0 Å². The number of carbonyl (C=O) groups excluding carboxylic acids is 1. The first kappa shape index (κ1) is 20.4. The molecule has 140 valence electrons. The van der Waals surface area contributed by atoms with Crippen molar-refractivity contribution < 1.29 is 13.2 Å². The second kappa shape index (κ2) is 9.14. The number of sulfonamides is 1. The zero-order valence-corrected chi connectivity index (χ0v) is 17.3. The highest BCUT2D eigenvalue weighted by Crippen LogP contribution is 2.22. The molecular weight excluding hydrogens is 404 g/mol. The van der Waals surface area contributed by atoms with Gasteiger partial charge in [0.1, 0.15) is 0 Å². The Morgan fingerprint density at radius 1 is 1.20 bits per heavy atom. The first-order valence-corrected chi connectivity index (χ1v) is 11.3. The SMILES string of the molecule is CCC(CC)NC(=O)C1CCN(S(=O)(=O)Cc2ccc(Br)cc2)CC1. The lowest BCUT2D eigenvalue weighted by molar-refractivity contribution is -0.126. The molecule has 0 unspecified atom stereocenters. The van der Waals surface area contributed by atoms with Crippen molar-refractivity contribution in [1.29, 1.82) is 0 Å².